The number of benzene rings is 3. The number of nitrogens with one attached hydrogen (secondary N) is 1. The predicted octanol–water partition coefficient (Wildman–Crippen LogP) is 4.70. The van der Waals surface area contributed by atoms with Crippen molar-refractivity contribution in [1.29, 1.82) is 0 Å². The average Bonchev–Trinajstić information content (AvgIpc) is 2.72. The molecule has 0 heterocycles. The number of fused-ring (bicyclic) bond motifs is 1. The molecule has 0 spiro atoms. The molecule has 0 aliphatic carbocycles. The van der Waals surface area contributed by atoms with Crippen LogP contribution in [-0.4, -0.2) is 25.8 Å². The number of hydrogen-bond donors (Lipinski definition) is 1. The Kier molecular flexibility index (Phi) is 6.66. The van der Waals surface area contributed by atoms with E-state index in [1.165, 1.54) is 5.56 Å². The predicted molar refractivity (Wildman–Crippen MR) is 115 cm³/mol. The molecule has 0 saturated heterocycles. The van der Waals surface area contributed by atoms with Gasteiger partial charge in [-0.05, 0) is 56.9 Å². The second-order valence-electron chi connectivity index (χ2n) is 6.10. The molecule has 0 fully saturated rings. The first-order valence-corrected chi connectivity index (χ1v) is 9.70. The summed E-state index contributed by atoms with van der Waals surface area (Å²) in [5.41, 5.74) is 4.49. The quantitative estimate of drug-likeness (QED) is 0.427. The van der Waals surface area contributed by atoms with Crippen molar-refractivity contribution in [2.75, 3.05) is 13.7 Å². The van der Waals surface area contributed by atoms with Gasteiger partial charge in [0.15, 0.2) is 6.61 Å². The van der Waals surface area contributed by atoms with Gasteiger partial charge < -0.3 is 9.47 Å². The van der Waals surface area contributed by atoms with Crippen molar-refractivity contribution in [3.05, 3.63) is 70.2 Å². The van der Waals surface area contributed by atoms with Gasteiger partial charge in [-0.1, -0.05) is 43.3 Å². The summed E-state index contributed by atoms with van der Waals surface area (Å²) in [6, 6.07) is 17.6. The zero-order valence-electron chi connectivity index (χ0n) is 15.7. The highest BCUT2D eigenvalue weighted by Crippen LogP contribution is 2.27. The third-order valence-electron chi connectivity index (χ3n) is 4.30. The molecule has 1 N–H and O–H groups in total. The molecule has 6 heteroatoms. The monoisotopic (exact) mass is 440 g/mol. The highest BCUT2D eigenvalue weighted by atomic mass is 79.9. The molecule has 3 rings (SSSR count). The fourth-order valence-corrected chi connectivity index (χ4v) is 3.35. The number of methoxy groups -OCH3 is 1. The minimum Gasteiger partial charge on any atom is -0.496 e. The number of nitrogens with zero attached hydrogens (tertiary/aromatic N) is 1. The number of carbonyl (C=O) groups is 1. The van der Waals surface area contributed by atoms with Gasteiger partial charge in [0.1, 0.15) is 11.5 Å². The van der Waals surface area contributed by atoms with E-state index in [4.69, 9.17) is 9.47 Å². The molecular weight excluding hydrogens is 420 g/mol. The van der Waals surface area contributed by atoms with Crippen LogP contribution in [0.1, 0.15) is 18.1 Å². The molecule has 1 amide bonds. The van der Waals surface area contributed by atoms with Crippen molar-refractivity contribution in [3.63, 3.8) is 0 Å². The Bertz CT molecular complexity index is 1020. The fourth-order valence-electron chi connectivity index (χ4n) is 2.81. The minimum absolute atomic E-state index is 0.131. The standard InChI is InChI=1S/C22H21BrN2O3/c1-3-15-8-10-21(19(23)12-15)28-14-22(26)25-24-13-18-17-7-5-4-6-16(17)9-11-20(18)27-2/h4-13H,3,14H2,1-2H3,(H,25,26). The van der Waals surface area contributed by atoms with E-state index in [1.807, 2.05) is 54.6 Å². The van der Waals surface area contributed by atoms with Crippen LogP contribution >= 0.6 is 15.9 Å². The van der Waals surface area contributed by atoms with Crippen molar-refractivity contribution >= 4 is 38.8 Å². The van der Waals surface area contributed by atoms with Crippen molar-refractivity contribution in [3.8, 4) is 11.5 Å². The normalized spacial score (nSPS) is 11.0. The Balaban J connectivity index is 1.65. The molecule has 28 heavy (non-hydrogen) atoms. The van der Waals surface area contributed by atoms with Crippen molar-refractivity contribution < 1.29 is 14.3 Å². The highest BCUT2D eigenvalue weighted by molar-refractivity contribution is 9.10. The first-order valence-electron chi connectivity index (χ1n) is 8.91. The molecule has 0 aliphatic heterocycles. The zero-order valence-corrected chi connectivity index (χ0v) is 17.3. The van der Waals surface area contributed by atoms with E-state index >= 15 is 0 Å². The van der Waals surface area contributed by atoms with Crippen molar-refractivity contribution in [1.82, 2.24) is 5.43 Å². The maximum Gasteiger partial charge on any atom is 0.277 e. The number of ether oxygens (including phenoxy) is 2. The average molecular weight is 441 g/mol. The van der Waals surface area contributed by atoms with E-state index in [2.05, 4.69) is 33.4 Å². The van der Waals surface area contributed by atoms with Crippen LogP contribution in [0.2, 0.25) is 0 Å². The lowest BCUT2D eigenvalue weighted by Crippen LogP contribution is -2.24. The summed E-state index contributed by atoms with van der Waals surface area (Å²) in [5, 5.41) is 6.13. The first-order chi connectivity index (χ1) is 13.6. The number of hydrogen-bond acceptors (Lipinski definition) is 4. The molecule has 0 unspecified atom stereocenters. The molecule has 0 bridgehead atoms. The first kappa shape index (κ1) is 19.9. The molecule has 144 valence electrons. The largest absolute Gasteiger partial charge is 0.496 e. The van der Waals surface area contributed by atoms with Crippen LogP contribution in [0, 0.1) is 0 Å². The molecule has 0 aliphatic rings. The SMILES string of the molecule is CCc1ccc(OCC(=O)NN=Cc2c(OC)ccc3ccccc23)c(Br)c1. The fraction of sp³-hybridized carbons (Fsp3) is 0.182. The minimum atomic E-state index is -0.345. The van der Waals surface area contributed by atoms with Crippen LogP contribution in [0.25, 0.3) is 10.8 Å². The van der Waals surface area contributed by atoms with Gasteiger partial charge >= 0.3 is 0 Å². The van der Waals surface area contributed by atoms with Crippen LogP contribution in [0.5, 0.6) is 11.5 Å². The van der Waals surface area contributed by atoms with Crippen LogP contribution in [0.3, 0.4) is 0 Å². The molecule has 3 aromatic carbocycles. The smallest absolute Gasteiger partial charge is 0.277 e. The van der Waals surface area contributed by atoms with Crippen LogP contribution in [0.4, 0.5) is 0 Å². The number of amides is 1. The van der Waals surface area contributed by atoms with Crippen molar-refractivity contribution in [2.24, 2.45) is 5.10 Å². The van der Waals surface area contributed by atoms with Gasteiger partial charge in [0.25, 0.3) is 5.91 Å². The topological polar surface area (TPSA) is 59.9 Å². The Morgan fingerprint density at radius 1 is 1.14 bits per heavy atom. The second-order valence-corrected chi connectivity index (χ2v) is 6.96. The van der Waals surface area contributed by atoms with E-state index in [1.54, 1.807) is 13.3 Å². The highest BCUT2D eigenvalue weighted by Gasteiger charge is 2.08. The molecule has 5 nitrogen and oxygen atoms in total. The third-order valence-corrected chi connectivity index (χ3v) is 4.92. The summed E-state index contributed by atoms with van der Waals surface area (Å²) in [7, 11) is 1.61. The van der Waals surface area contributed by atoms with Crippen molar-refractivity contribution in [2.45, 2.75) is 13.3 Å². The van der Waals surface area contributed by atoms with E-state index in [-0.39, 0.29) is 12.5 Å². The van der Waals surface area contributed by atoms with Gasteiger partial charge in [0, 0.05) is 5.56 Å². The summed E-state index contributed by atoms with van der Waals surface area (Å²) in [5.74, 6) is 0.960. The van der Waals surface area contributed by atoms with Crippen LogP contribution < -0.4 is 14.9 Å². The number of hydrazone groups is 1. The lowest BCUT2D eigenvalue weighted by atomic mass is 10.0. The van der Waals surface area contributed by atoms with Gasteiger partial charge in [-0.2, -0.15) is 5.10 Å². The molecule has 0 atom stereocenters. The lowest BCUT2D eigenvalue weighted by molar-refractivity contribution is -0.123. The van der Waals surface area contributed by atoms with E-state index in [0.29, 0.717) is 11.5 Å². The van der Waals surface area contributed by atoms with Gasteiger partial charge in [-0.25, -0.2) is 5.43 Å². The molecule has 0 aromatic heterocycles. The van der Waals surface area contributed by atoms with E-state index < -0.39 is 0 Å². The number of rotatable bonds is 7. The van der Waals surface area contributed by atoms with Crippen LogP contribution in [0.15, 0.2) is 64.2 Å². The molecule has 0 radical (unpaired) electrons. The summed E-state index contributed by atoms with van der Waals surface area (Å²) < 4.78 is 11.8. The van der Waals surface area contributed by atoms with Gasteiger partial charge in [-0.3, -0.25) is 4.79 Å². The summed E-state index contributed by atoms with van der Waals surface area (Å²) in [6.07, 6.45) is 2.52. The molecule has 0 saturated carbocycles. The van der Waals surface area contributed by atoms with Gasteiger partial charge in [-0.15, -0.1) is 0 Å². The van der Waals surface area contributed by atoms with E-state index in [0.717, 1.165) is 27.2 Å². The number of carbonyl (C=O) groups excluding carboxylic acids is 1. The maximum absolute atomic E-state index is 12.1. The zero-order chi connectivity index (χ0) is 19.9. The summed E-state index contributed by atoms with van der Waals surface area (Å²) >= 11 is 3.46. The third kappa shape index (κ3) is 4.70. The lowest BCUT2D eigenvalue weighted by Gasteiger charge is -2.09. The molecular formula is C22H21BrN2O3. The van der Waals surface area contributed by atoms with Gasteiger partial charge in [0.05, 0.1) is 17.8 Å². The molecule has 3 aromatic rings. The Labute approximate surface area is 172 Å². The Morgan fingerprint density at radius 2 is 1.93 bits per heavy atom. The maximum atomic E-state index is 12.1. The second kappa shape index (κ2) is 9.37. The Hall–Kier alpha value is -2.86. The summed E-state index contributed by atoms with van der Waals surface area (Å²) in [4.78, 5) is 12.1. The number of halogens is 1. The summed E-state index contributed by atoms with van der Waals surface area (Å²) in [6.45, 7) is 1.95. The Morgan fingerprint density at radius 3 is 2.68 bits per heavy atom. The number of aryl methyl sites for hydroxylation is 1. The van der Waals surface area contributed by atoms with Gasteiger partial charge in [0.2, 0.25) is 0 Å². The van der Waals surface area contributed by atoms with E-state index in [9.17, 15) is 4.79 Å². The van der Waals surface area contributed by atoms with Crippen LogP contribution in [-0.2, 0) is 11.2 Å².